The largest absolute Gasteiger partial charge is 0.474 e. The minimum atomic E-state index is -1.09. The molecule has 1 N–H and O–H groups in total. The minimum absolute atomic E-state index is 0.0504. The van der Waals surface area contributed by atoms with Crippen LogP contribution in [0.5, 0.6) is 5.75 Å². The van der Waals surface area contributed by atoms with Crippen LogP contribution in [0.2, 0.25) is 0 Å². The molecule has 0 radical (unpaired) electrons. The van der Waals surface area contributed by atoms with Crippen LogP contribution < -0.4 is 10.1 Å². The smallest absolute Gasteiger partial charge is 0.310 e. The van der Waals surface area contributed by atoms with E-state index in [0.29, 0.717) is 0 Å². The van der Waals surface area contributed by atoms with Gasteiger partial charge in [-0.3, -0.25) is 24.5 Å². The molecule has 0 unspecified atom stereocenters. The molecular weight excluding hydrogens is 370 g/mol. The van der Waals surface area contributed by atoms with Crippen LogP contribution in [-0.4, -0.2) is 58.9 Å². The molecule has 1 aliphatic heterocycles. The van der Waals surface area contributed by atoms with Gasteiger partial charge in [-0.05, 0) is 26.8 Å². The van der Waals surface area contributed by atoms with Crippen LogP contribution in [0.1, 0.15) is 27.2 Å². The number of hydrogen-bond acceptors (Lipinski definition) is 7. The second kappa shape index (κ2) is 9.16. The predicted octanol–water partition coefficient (Wildman–Crippen LogP) is 1.03. The molecule has 0 saturated carbocycles. The van der Waals surface area contributed by atoms with Crippen LogP contribution in [-0.2, 0) is 19.1 Å². The maximum atomic E-state index is 12.8. The van der Waals surface area contributed by atoms with Crippen molar-refractivity contribution >= 4 is 23.5 Å². The fourth-order valence-corrected chi connectivity index (χ4v) is 2.83. The summed E-state index contributed by atoms with van der Waals surface area (Å²) in [7, 11) is 0. The number of benzene rings is 1. The lowest BCUT2D eigenvalue weighted by Crippen LogP contribution is -2.60. The first-order valence-corrected chi connectivity index (χ1v) is 8.88. The van der Waals surface area contributed by atoms with Crippen molar-refractivity contribution in [1.82, 2.24) is 10.2 Å². The molecule has 2 rings (SSSR count). The summed E-state index contributed by atoms with van der Waals surface area (Å²) in [5.74, 6) is -1.65. The van der Waals surface area contributed by atoms with E-state index in [1.165, 1.54) is 30.0 Å². The second-order valence-corrected chi connectivity index (χ2v) is 6.57. The summed E-state index contributed by atoms with van der Waals surface area (Å²) in [5, 5.41) is 13.7. The topological polar surface area (TPSA) is 128 Å². The van der Waals surface area contributed by atoms with Gasteiger partial charge in [0.2, 0.25) is 5.91 Å². The van der Waals surface area contributed by atoms with Crippen molar-refractivity contribution in [1.29, 1.82) is 0 Å². The third-order valence-corrected chi connectivity index (χ3v) is 4.05. The number of amides is 2. The molecule has 0 aliphatic carbocycles. The highest BCUT2D eigenvalue weighted by molar-refractivity contribution is 5.93. The summed E-state index contributed by atoms with van der Waals surface area (Å²) in [4.78, 5) is 48.8. The van der Waals surface area contributed by atoms with Crippen LogP contribution in [0, 0.1) is 10.1 Å². The predicted molar refractivity (Wildman–Crippen MR) is 97.5 cm³/mol. The van der Waals surface area contributed by atoms with Crippen molar-refractivity contribution in [3.63, 3.8) is 0 Å². The molecule has 1 aromatic rings. The lowest BCUT2D eigenvalue weighted by molar-refractivity contribution is -0.386. The Bertz CT molecular complexity index is 765. The highest BCUT2D eigenvalue weighted by Gasteiger charge is 2.38. The van der Waals surface area contributed by atoms with Gasteiger partial charge in [-0.25, -0.2) is 0 Å². The maximum Gasteiger partial charge on any atom is 0.310 e. The van der Waals surface area contributed by atoms with Crippen molar-refractivity contribution < 1.29 is 28.8 Å². The fraction of sp³-hybridized carbons (Fsp3) is 0.500. The van der Waals surface area contributed by atoms with Crippen LogP contribution in [0.3, 0.4) is 0 Å². The minimum Gasteiger partial charge on any atom is -0.474 e. The third-order valence-electron chi connectivity index (χ3n) is 4.05. The molecule has 10 nitrogen and oxygen atoms in total. The summed E-state index contributed by atoms with van der Waals surface area (Å²) in [6, 6.07) is 4.68. The number of carbonyl (C=O) groups is 3. The van der Waals surface area contributed by atoms with Crippen molar-refractivity contribution in [2.45, 2.75) is 45.4 Å². The summed E-state index contributed by atoms with van der Waals surface area (Å²) >= 11 is 0. The molecule has 1 saturated heterocycles. The van der Waals surface area contributed by atoms with Gasteiger partial charge in [0.1, 0.15) is 6.04 Å². The Balaban J connectivity index is 2.14. The number of hydrogen-bond donors (Lipinski definition) is 1. The molecule has 28 heavy (non-hydrogen) atoms. The standard InChI is InChI=1S/C18H23N3O7/c1-11(2)27-16(22)10-14-17(23)19-8-9-20(14)18(24)12(3)28-15-7-5-4-6-13(15)21(25)26/h4-7,11-12,14H,8-10H2,1-3H3,(H,19,23)/t12-,14-/m1/s1. The van der Waals surface area contributed by atoms with Gasteiger partial charge in [-0.1, -0.05) is 12.1 Å². The van der Waals surface area contributed by atoms with E-state index in [2.05, 4.69) is 5.32 Å². The van der Waals surface area contributed by atoms with Crippen LogP contribution in [0.25, 0.3) is 0 Å². The van der Waals surface area contributed by atoms with Crippen molar-refractivity contribution in [2.24, 2.45) is 0 Å². The van der Waals surface area contributed by atoms with Gasteiger partial charge < -0.3 is 19.7 Å². The number of rotatable bonds is 7. The van der Waals surface area contributed by atoms with E-state index in [1.807, 2.05) is 0 Å². The molecule has 0 bridgehead atoms. The Morgan fingerprint density at radius 3 is 2.64 bits per heavy atom. The third kappa shape index (κ3) is 5.18. The van der Waals surface area contributed by atoms with E-state index < -0.39 is 34.9 Å². The molecule has 1 fully saturated rings. The average molecular weight is 393 g/mol. The van der Waals surface area contributed by atoms with Gasteiger partial charge in [0.05, 0.1) is 17.4 Å². The van der Waals surface area contributed by atoms with E-state index >= 15 is 0 Å². The van der Waals surface area contributed by atoms with E-state index in [9.17, 15) is 24.5 Å². The van der Waals surface area contributed by atoms with Crippen LogP contribution >= 0.6 is 0 Å². The number of piperazine rings is 1. The van der Waals surface area contributed by atoms with Gasteiger partial charge in [0.25, 0.3) is 5.91 Å². The fourth-order valence-electron chi connectivity index (χ4n) is 2.83. The van der Waals surface area contributed by atoms with E-state index in [4.69, 9.17) is 9.47 Å². The van der Waals surface area contributed by atoms with Gasteiger partial charge in [0, 0.05) is 19.2 Å². The first-order chi connectivity index (χ1) is 13.2. The Kier molecular flexibility index (Phi) is 6.91. The monoisotopic (exact) mass is 393 g/mol. The SMILES string of the molecule is CC(C)OC(=O)C[C@@H]1C(=O)NCCN1C(=O)[C@@H](C)Oc1ccccc1[N+](=O)[O-]. The maximum absolute atomic E-state index is 12.8. The number of nitro groups is 1. The molecule has 2 atom stereocenters. The van der Waals surface area contributed by atoms with Gasteiger partial charge in [-0.2, -0.15) is 0 Å². The number of nitro benzene ring substituents is 1. The normalized spacial score (nSPS) is 17.6. The lowest BCUT2D eigenvalue weighted by Gasteiger charge is -2.36. The zero-order valence-electron chi connectivity index (χ0n) is 15.9. The summed E-state index contributed by atoms with van der Waals surface area (Å²) < 4.78 is 10.6. The molecule has 10 heteroatoms. The van der Waals surface area contributed by atoms with E-state index in [-0.39, 0.29) is 37.1 Å². The second-order valence-electron chi connectivity index (χ2n) is 6.57. The van der Waals surface area contributed by atoms with Gasteiger partial charge >= 0.3 is 11.7 Å². The van der Waals surface area contributed by atoms with Crippen LogP contribution in [0.15, 0.2) is 24.3 Å². The average Bonchev–Trinajstić information content (AvgIpc) is 2.62. The highest BCUT2D eigenvalue weighted by atomic mass is 16.6. The zero-order valence-corrected chi connectivity index (χ0v) is 15.9. The molecule has 1 heterocycles. The Morgan fingerprint density at radius 1 is 1.32 bits per heavy atom. The zero-order chi connectivity index (χ0) is 20.8. The molecule has 1 aromatic carbocycles. The Labute approximate surface area is 161 Å². The number of esters is 1. The molecule has 0 spiro atoms. The summed E-state index contributed by atoms with van der Waals surface area (Å²) in [5.41, 5.74) is -0.268. The molecular formula is C18H23N3O7. The lowest BCUT2D eigenvalue weighted by atomic mass is 10.1. The van der Waals surface area contributed by atoms with E-state index in [1.54, 1.807) is 19.9 Å². The van der Waals surface area contributed by atoms with Crippen molar-refractivity contribution in [3.05, 3.63) is 34.4 Å². The summed E-state index contributed by atoms with van der Waals surface area (Å²) in [6.07, 6.45) is -1.71. The van der Waals surface area contributed by atoms with E-state index in [0.717, 1.165) is 0 Å². The van der Waals surface area contributed by atoms with Crippen molar-refractivity contribution in [3.8, 4) is 5.75 Å². The number of nitrogens with zero attached hydrogens (tertiary/aromatic N) is 2. The van der Waals surface area contributed by atoms with Gasteiger partial charge in [0.15, 0.2) is 11.9 Å². The highest BCUT2D eigenvalue weighted by Crippen LogP contribution is 2.27. The van der Waals surface area contributed by atoms with Gasteiger partial charge in [-0.15, -0.1) is 0 Å². The number of carbonyl (C=O) groups excluding carboxylic acids is 3. The van der Waals surface area contributed by atoms with Crippen molar-refractivity contribution in [2.75, 3.05) is 13.1 Å². The molecule has 2 amide bonds. The molecule has 0 aromatic heterocycles. The molecule has 152 valence electrons. The Morgan fingerprint density at radius 2 is 2.00 bits per heavy atom. The summed E-state index contributed by atoms with van der Waals surface area (Å²) in [6.45, 7) is 5.23. The first-order valence-electron chi connectivity index (χ1n) is 8.88. The molecule has 1 aliphatic rings. The number of nitrogens with one attached hydrogen (secondary N) is 1. The quantitative estimate of drug-likeness (QED) is 0.416. The first kappa shape index (κ1) is 21.1. The van der Waals surface area contributed by atoms with Crippen LogP contribution in [0.4, 0.5) is 5.69 Å². The Hall–Kier alpha value is -3.17. The number of para-hydroxylation sites is 2. The number of ether oxygens (including phenoxy) is 2.